The Morgan fingerprint density at radius 1 is 1.16 bits per heavy atom. The largest absolute Gasteiger partial charge is 0.573 e. The van der Waals surface area contributed by atoms with Crippen LogP contribution in [0.2, 0.25) is 0 Å². The van der Waals surface area contributed by atoms with Gasteiger partial charge in [0.25, 0.3) is 0 Å². The second-order valence-electron chi connectivity index (χ2n) is 6.15. The Morgan fingerprint density at radius 3 is 2.36 bits per heavy atom. The molecule has 138 valence electrons. The molecule has 0 bridgehead atoms. The molecule has 0 spiro atoms. The molecule has 2 rings (SSSR count). The third-order valence-electron chi connectivity index (χ3n) is 3.99. The van der Waals surface area contributed by atoms with E-state index in [0.29, 0.717) is 25.4 Å². The summed E-state index contributed by atoms with van der Waals surface area (Å²) in [5, 5.41) is 5.44. The van der Waals surface area contributed by atoms with Crippen LogP contribution in [0.15, 0.2) is 24.3 Å². The third kappa shape index (κ3) is 7.03. The molecule has 2 N–H and O–H groups in total. The first-order valence-corrected chi connectivity index (χ1v) is 8.13. The smallest absolute Gasteiger partial charge is 0.406 e. The van der Waals surface area contributed by atoms with Crippen molar-refractivity contribution in [2.75, 3.05) is 13.1 Å². The maximum absolute atomic E-state index is 12.1. The van der Waals surface area contributed by atoms with Gasteiger partial charge >= 0.3 is 6.36 Å². The van der Waals surface area contributed by atoms with Gasteiger partial charge in [-0.2, -0.15) is 0 Å². The lowest BCUT2D eigenvalue weighted by atomic mass is 10.1. The van der Waals surface area contributed by atoms with Gasteiger partial charge in [0.2, 0.25) is 11.8 Å². The number of halogens is 3. The number of amides is 2. The molecule has 0 aromatic heterocycles. The van der Waals surface area contributed by atoms with Gasteiger partial charge in [-0.1, -0.05) is 19.1 Å². The highest BCUT2D eigenvalue weighted by Gasteiger charge is 2.38. The average Bonchev–Trinajstić information content (AvgIpc) is 3.24. The monoisotopic (exact) mass is 358 g/mol. The number of rotatable bonds is 8. The van der Waals surface area contributed by atoms with Crippen molar-refractivity contribution in [3.05, 3.63) is 29.8 Å². The van der Waals surface area contributed by atoms with Crippen LogP contribution in [0.1, 0.15) is 25.3 Å². The number of carbonyl (C=O) groups is 2. The van der Waals surface area contributed by atoms with Gasteiger partial charge in [-0.3, -0.25) is 9.59 Å². The van der Waals surface area contributed by atoms with Crippen molar-refractivity contribution in [1.82, 2.24) is 10.6 Å². The van der Waals surface area contributed by atoms with E-state index in [0.717, 1.165) is 12.0 Å². The second kappa shape index (κ2) is 8.22. The van der Waals surface area contributed by atoms with E-state index in [1.54, 1.807) is 0 Å². The molecule has 2 atom stereocenters. The number of hydrogen-bond donors (Lipinski definition) is 2. The Bertz CT molecular complexity index is 602. The predicted octanol–water partition coefficient (Wildman–Crippen LogP) is 2.41. The second-order valence-corrected chi connectivity index (χ2v) is 6.15. The Kier molecular flexibility index (Phi) is 6.27. The van der Waals surface area contributed by atoms with Gasteiger partial charge in [0.05, 0.1) is 0 Å². The van der Waals surface area contributed by atoms with Crippen LogP contribution in [0.3, 0.4) is 0 Å². The maximum atomic E-state index is 12.1. The zero-order valence-corrected chi connectivity index (χ0v) is 13.9. The molecule has 25 heavy (non-hydrogen) atoms. The van der Waals surface area contributed by atoms with E-state index in [1.165, 1.54) is 24.3 Å². The molecule has 1 aromatic rings. The minimum absolute atomic E-state index is 0.00136. The Morgan fingerprint density at radius 2 is 1.80 bits per heavy atom. The highest BCUT2D eigenvalue weighted by atomic mass is 19.4. The summed E-state index contributed by atoms with van der Waals surface area (Å²) in [6.45, 7) is 2.68. The van der Waals surface area contributed by atoms with Crippen LogP contribution in [0.4, 0.5) is 13.2 Å². The molecule has 1 aromatic carbocycles. The lowest BCUT2D eigenvalue weighted by molar-refractivity contribution is -0.274. The van der Waals surface area contributed by atoms with Crippen molar-refractivity contribution in [2.24, 2.45) is 11.8 Å². The fourth-order valence-corrected chi connectivity index (χ4v) is 2.41. The Labute approximate surface area is 143 Å². The normalized spacial score (nSPS) is 19.2. The summed E-state index contributed by atoms with van der Waals surface area (Å²) in [5.74, 6) is 0.0674. The van der Waals surface area contributed by atoms with E-state index in [1.807, 2.05) is 6.92 Å². The van der Waals surface area contributed by atoms with Crippen molar-refractivity contribution < 1.29 is 27.5 Å². The number of alkyl halides is 3. The van der Waals surface area contributed by atoms with E-state index in [2.05, 4.69) is 15.4 Å². The van der Waals surface area contributed by atoms with Crippen molar-refractivity contribution >= 4 is 11.8 Å². The van der Waals surface area contributed by atoms with Gasteiger partial charge in [-0.05, 0) is 36.5 Å². The van der Waals surface area contributed by atoms with E-state index < -0.39 is 6.36 Å². The van der Waals surface area contributed by atoms with Crippen LogP contribution in [0.5, 0.6) is 5.75 Å². The van der Waals surface area contributed by atoms with Crippen LogP contribution in [-0.4, -0.2) is 31.3 Å². The number of benzene rings is 1. The molecule has 1 aliphatic carbocycles. The first kappa shape index (κ1) is 19.1. The quantitative estimate of drug-likeness (QED) is 0.750. The molecule has 1 aliphatic rings. The molecule has 1 saturated carbocycles. The molecular weight excluding hydrogens is 337 g/mol. The maximum Gasteiger partial charge on any atom is 0.573 e. The number of ether oxygens (including phenoxy) is 1. The van der Waals surface area contributed by atoms with Crippen LogP contribution in [0.25, 0.3) is 0 Å². The summed E-state index contributed by atoms with van der Waals surface area (Å²) in [4.78, 5) is 23.3. The molecule has 0 radical (unpaired) electrons. The van der Waals surface area contributed by atoms with E-state index in [4.69, 9.17) is 0 Å². The van der Waals surface area contributed by atoms with Gasteiger partial charge in [0.1, 0.15) is 5.75 Å². The Hall–Kier alpha value is -2.25. The lowest BCUT2D eigenvalue weighted by Crippen LogP contribution is -2.32. The van der Waals surface area contributed by atoms with Gasteiger partial charge in [0, 0.05) is 25.4 Å². The first-order chi connectivity index (χ1) is 11.7. The summed E-state index contributed by atoms with van der Waals surface area (Å²) >= 11 is 0. The topological polar surface area (TPSA) is 67.4 Å². The molecule has 2 amide bonds. The van der Waals surface area contributed by atoms with Crippen molar-refractivity contribution in [3.63, 3.8) is 0 Å². The molecule has 2 unspecified atom stereocenters. The molecule has 1 fully saturated rings. The van der Waals surface area contributed by atoms with Gasteiger partial charge < -0.3 is 15.4 Å². The minimum Gasteiger partial charge on any atom is -0.406 e. The zero-order chi connectivity index (χ0) is 18.4. The van der Waals surface area contributed by atoms with E-state index in [-0.39, 0.29) is 29.9 Å². The van der Waals surface area contributed by atoms with Crippen LogP contribution in [-0.2, 0) is 16.0 Å². The SMILES string of the molecule is CC1CC1C(=O)NCCC(=O)NCCc1ccc(OC(F)(F)F)cc1. The average molecular weight is 358 g/mol. The highest BCUT2D eigenvalue weighted by molar-refractivity contribution is 5.82. The summed E-state index contributed by atoms with van der Waals surface area (Å²) < 4.78 is 40.0. The van der Waals surface area contributed by atoms with Gasteiger partial charge in [-0.15, -0.1) is 13.2 Å². The number of hydrogen-bond acceptors (Lipinski definition) is 3. The molecular formula is C17H21F3N2O3. The lowest BCUT2D eigenvalue weighted by Gasteiger charge is -2.10. The zero-order valence-electron chi connectivity index (χ0n) is 13.9. The minimum atomic E-state index is -4.71. The fraction of sp³-hybridized carbons (Fsp3) is 0.529. The molecule has 0 aliphatic heterocycles. The predicted molar refractivity (Wildman–Crippen MR) is 84.7 cm³/mol. The first-order valence-electron chi connectivity index (χ1n) is 8.13. The summed E-state index contributed by atoms with van der Waals surface area (Å²) in [6.07, 6.45) is -3.11. The summed E-state index contributed by atoms with van der Waals surface area (Å²) in [7, 11) is 0. The van der Waals surface area contributed by atoms with E-state index in [9.17, 15) is 22.8 Å². The highest BCUT2D eigenvalue weighted by Crippen LogP contribution is 2.37. The number of nitrogens with one attached hydrogen (secondary N) is 2. The Balaban J connectivity index is 1.59. The van der Waals surface area contributed by atoms with Crippen molar-refractivity contribution in [1.29, 1.82) is 0 Å². The number of carbonyl (C=O) groups excluding carboxylic acids is 2. The fourth-order valence-electron chi connectivity index (χ4n) is 2.41. The summed E-state index contributed by atoms with van der Waals surface area (Å²) in [6, 6.07) is 5.51. The van der Waals surface area contributed by atoms with E-state index >= 15 is 0 Å². The molecule has 0 heterocycles. The summed E-state index contributed by atoms with van der Waals surface area (Å²) in [5.41, 5.74) is 0.783. The molecule has 5 nitrogen and oxygen atoms in total. The molecule has 0 saturated heterocycles. The van der Waals surface area contributed by atoms with Crippen LogP contribution < -0.4 is 15.4 Å². The van der Waals surface area contributed by atoms with Crippen LogP contribution >= 0.6 is 0 Å². The molecule has 8 heteroatoms. The van der Waals surface area contributed by atoms with Crippen molar-refractivity contribution in [3.8, 4) is 5.75 Å². The van der Waals surface area contributed by atoms with Crippen molar-refractivity contribution in [2.45, 2.75) is 32.5 Å². The van der Waals surface area contributed by atoms with Gasteiger partial charge in [-0.25, -0.2) is 0 Å². The standard InChI is InChI=1S/C17H21F3N2O3/c1-11-10-14(11)16(24)22-9-7-15(23)21-8-6-12-2-4-13(5-3-12)25-17(18,19)20/h2-5,11,14H,6-10H2,1H3,(H,21,23)(H,22,24). The third-order valence-corrected chi connectivity index (χ3v) is 3.99. The van der Waals surface area contributed by atoms with Crippen LogP contribution in [0, 0.1) is 11.8 Å². The van der Waals surface area contributed by atoms with Gasteiger partial charge in [0.15, 0.2) is 0 Å².